The number of rotatable bonds is 9. The van der Waals surface area contributed by atoms with E-state index in [2.05, 4.69) is 43.4 Å². The van der Waals surface area contributed by atoms with E-state index in [1.165, 1.54) is 11.8 Å². The van der Waals surface area contributed by atoms with Crippen LogP contribution in [0.5, 0.6) is 0 Å². The van der Waals surface area contributed by atoms with Gasteiger partial charge < -0.3 is 9.30 Å². The van der Waals surface area contributed by atoms with E-state index in [9.17, 15) is 4.79 Å². The third-order valence-electron chi connectivity index (χ3n) is 6.46. The Balaban J connectivity index is 1.36. The minimum atomic E-state index is 0.0985. The Morgan fingerprint density at radius 2 is 1.89 bits per heavy atom. The molecule has 8 heteroatoms. The van der Waals surface area contributed by atoms with E-state index < -0.39 is 0 Å². The fourth-order valence-electron chi connectivity index (χ4n) is 4.58. The van der Waals surface area contributed by atoms with Crippen molar-refractivity contribution >= 4 is 17.5 Å². The van der Waals surface area contributed by atoms with Gasteiger partial charge in [-0.25, -0.2) is 0 Å². The van der Waals surface area contributed by atoms with Gasteiger partial charge in [0.2, 0.25) is 0 Å². The Bertz CT molecular complexity index is 1290. The molecule has 0 radical (unpaired) electrons. The summed E-state index contributed by atoms with van der Waals surface area (Å²) in [5, 5.41) is 9.64. The highest BCUT2D eigenvalue weighted by Crippen LogP contribution is 2.27. The number of aromatic nitrogens is 5. The van der Waals surface area contributed by atoms with Crippen LogP contribution in [0.3, 0.4) is 0 Å². The van der Waals surface area contributed by atoms with Crippen LogP contribution >= 0.6 is 11.8 Å². The lowest BCUT2D eigenvalue weighted by Crippen LogP contribution is -2.17. The predicted octanol–water partition coefficient (Wildman–Crippen LogP) is 4.96. The van der Waals surface area contributed by atoms with Crippen molar-refractivity contribution in [3.8, 4) is 11.4 Å². The van der Waals surface area contributed by atoms with Crippen molar-refractivity contribution in [2.75, 3.05) is 12.4 Å². The molecule has 1 atom stereocenters. The smallest absolute Gasteiger partial charge is 0.192 e. The zero-order valence-electron chi connectivity index (χ0n) is 20.1. The van der Waals surface area contributed by atoms with E-state index in [0.717, 1.165) is 65.1 Å². The highest BCUT2D eigenvalue weighted by Gasteiger charge is 2.22. The van der Waals surface area contributed by atoms with Gasteiger partial charge in [0.25, 0.3) is 0 Å². The first-order chi connectivity index (χ1) is 17.1. The minimum Gasteiger partial charge on any atom is -0.376 e. The Morgan fingerprint density at radius 3 is 2.63 bits per heavy atom. The average Bonchev–Trinajstić information content (AvgIpc) is 3.61. The Hall–Kier alpha value is -3.23. The largest absolute Gasteiger partial charge is 0.376 e. The molecule has 4 aromatic rings. The lowest BCUT2D eigenvalue weighted by Gasteiger charge is -2.14. The molecule has 0 unspecified atom stereocenters. The Labute approximate surface area is 209 Å². The van der Waals surface area contributed by atoms with Crippen LogP contribution in [0.1, 0.15) is 40.2 Å². The van der Waals surface area contributed by atoms with Crippen molar-refractivity contribution in [3.05, 3.63) is 83.4 Å². The molecule has 1 fully saturated rings. The molecule has 180 valence electrons. The summed E-state index contributed by atoms with van der Waals surface area (Å²) in [6.45, 7) is 6.34. The maximum absolute atomic E-state index is 13.3. The minimum absolute atomic E-state index is 0.0985. The van der Waals surface area contributed by atoms with Crippen LogP contribution in [-0.4, -0.2) is 48.6 Å². The fraction of sp³-hybridized carbons (Fsp3) is 0.333. The molecular formula is C27H29N5O2S. The Kier molecular flexibility index (Phi) is 7.11. The normalized spacial score (nSPS) is 15.5. The molecule has 0 saturated carbocycles. The number of nitrogens with zero attached hydrogens (tertiary/aromatic N) is 5. The molecule has 1 aliphatic heterocycles. The summed E-state index contributed by atoms with van der Waals surface area (Å²) < 4.78 is 10.1. The van der Waals surface area contributed by atoms with Gasteiger partial charge in [0.1, 0.15) is 0 Å². The summed E-state index contributed by atoms with van der Waals surface area (Å²) >= 11 is 1.43. The standard InChI is InChI=1S/C27H29N5O2S/c1-19-15-24(20(2)31(19)17-23-9-6-14-34-23)25(33)18-35-27-30-29-26(22-10-12-28-13-11-22)32(27)16-21-7-4-3-5-8-21/h3-5,7-8,10-13,15,23H,6,9,14,16-18H2,1-2H3/t23-/m1/s1. The van der Waals surface area contributed by atoms with E-state index in [1.54, 1.807) is 12.4 Å². The van der Waals surface area contributed by atoms with Gasteiger partial charge in [0.15, 0.2) is 16.8 Å². The molecule has 4 heterocycles. The number of thioether (sulfide) groups is 1. The van der Waals surface area contributed by atoms with Gasteiger partial charge in [-0.05, 0) is 50.5 Å². The van der Waals surface area contributed by atoms with Crippen LogP contribution in [0.4, 0.5) is 0 Å². The summed E-state index contributed by atoms with van der Waals surface area (Å²) in [4.78, 5) is 17.4. The van der Waals surface area contributed by atoms with Gasteiger partial charge in [0, 0.05) is 48.1 Å². The second-order valence-electron chi connectivity index (χ2n) is 8.86. The molecule has 3 aromatic heterocycles. The van der Waals surface area contributed by atoms with E-state index >= 15 is 0 Å². The number of Topliss-reactive ketones (excluding diaryl/α,β-unsaturated/α-hetero) is 1. The summed E-state index contributed by atoms with van der Waals surface area (Å²) in [6, 6.07) is 16.1. The number of pyridine rings is 1. The van der Waals surface area contributed by atoms with Crippen molar-refractivity contribution in [3.63, 3.8) is 0 Å². The first-order valence-electron chi connectivity index (χ1n) is 11.9. The van der Waals surface area contributed by atoms with Crippen molar-refractivity contribution in [1.82, 2.24) is 24.3 Å². The van der Waals surface area contributed by atoms with Gasteiger partial charge in [-0.1, -0.05) is 42.1 Å². The molecule has 1 aromatic carbocycles. The summed E-state index contributed by atoms with van der Waals surface area (Å²) in [5.41, 5.74) is 4.97. The number of hydrogen-bond donors (Lipinski definition) is 0. The lowest BCUT2D eigenvalue weighted by molar-refractivity contribution is 0.0957. The van der Waals surface area contributed by atoms with Crippen LogP contribution in [0.15, 0.2) is 66.1 Å². The monoisotopic (exact) mass is 487 g/mol. The number of carbonyl (C=O) groups excluding carboxylic acids is 1. The van der Waals surface area contributed by atoms with Crippen LogP contribution < -0.4 is 0 Å². The molecule has 1 saturated heterocycles. The van der Waals surface area contributed by atoms with Crippen LogP contribution in [-0.2, 0) is 17.8 Å². The van der Waals surface area contributed by atoms with E-state index in [4.69, 9.17) is 4.74 Å². The first-order valence-corrected chi connectivity index (χ1v) is 12.9. The molecular weight excluding hydrogens is 458 g/mol. The number of ketones is 1. The van der Waals surface area contributed by atoms with Gasteiger partial charge >= 0.3 is 0 Å². The molecule has 5 rings (SSSR count). The molecule has 0 spiro atoms. The SMILES string of the molecule is Cc1cc(C(=O)CSc2nnc(-c3ccncc3)n2Cc2ccccc2)c(C)n1C[C@H]1CCCO1. The van der Waals surface area contributed by atoms with Gasteiger partial charge in [0.05, 0.1) is 18.4 Å². The molecule has 0 amide bonds. The number of carbonyl (C=O) groups is 1. The second-order valence-corrected chi connectivity index (χ2v) is 9.80. The van der Waals surface area contributed by atoms with Crippen molar-refractivity contribution < 1.29 is 9.53 Å². The number of aryl methyl sites for hydroxylation is 1. The van der Waals surface area contributed by atoms with Gasteiger partial charge in [-0.3, -0.25) is 14.3 Å². The molecule has 35 heavy (non-hydrogen) atoms. The van der Waals surface area contributed by atoms with Crippen molar-refractivity contribution in [1.29, 1.82) is 0 Å². The topological polar surface area (TPSA) is 74.8 Å². The zero-order valence-corrected chi connectivity index (χ0v) is 20.9. The summed E-state index contributed by atoms with van der Waals surface area (Å²) in [7, 11) is 0. The fourth-order valence-corrected chi connectivity index (χ4v) is 5.40. The average molecular weight is 488 g/mol. The van der Waals surface area contributed by atoms with E-state index in [1.807, 2.05) is 43.3 Å². The first kappa shape index (κ1) is 23.5. The maximum Gasteiger partial charge on any atom is 0.192 e. The Morgan fingerprint density at radius 1 is 1.09 bits per heavy atom. The highest BCUT2D eigenvalue weighted by atomic mass is 32.2. The van der Waals surface area contributed by atoms with Crippen molar-refractivity contribution in [2.24, 2.45) is 0 Å². The van der Waals surface area contributed by atoms with Gasteiger partial charge in [-0.2, -0.15) is 0 Å². The zero-order chi connectivity index (χ0) is 24.2. The second kappa shape index (κ2) is 10.6. The maximum atomic E-state index is 13.3. The predicted molar refractivity (Wildman–Crippen MR) is 137 cm³/mol. The molecule has 0 N–H and O–H groups in total. The summed E-state index contributed by atoms with van der Waals surface area (Å²) in [5.74, 6) is 1.16. The van der Waals surface area contributed by atoms with E-state index in [0.29, 0.717) is 12.3 Å². The lowest BCUT2D eigenvalue weighted by atomic mass is 10.2. The number of benzene rings is 1. The van der Waals surface area contributed by atoms with Gasteiger partial charge in [-0.15, -0.1) is 10.2 Å². The van der Waals surface area contributed by atoms with E-state index in [-0.39, 0.29) is 11.9 Å². The summed E-state index contributed by atoms with van der Waals surface area (Å²) in [6.07, 6.45) is 5.92. The van der Waals surface area contributed by atoms with Crippen molar-refractivity contribution in [2.45, 2.75) is 51.0 Å². The molecule has 0 aliphatic carbocycles. The third kappa shape index (κ3) is 5.23. The van der Waals surface area contributed by atoms with Crippen LogP contribution in [0.2, 0.25) is 0 Å². The highest BCUT2D eigenvalue weighted by molar-refractivity contribution is 7.99. The molecule has 1 aliphatic rings. The quantitative estimate of drug-likeness (QED) is 0.245. The number of ether oxygens (including phenoxy) is 1. The third-order valence-corrected chi connectivity index (χ3v) is 7.42. The molecule has 0 bridgehead atoms. The van der Waals surface area contributed by atoms with Crippen LogP contribution in [0, 0.1) is 13.8 Å². The van der Waals surface area contributed by atoms with Crippen LogP contribution in [0.25, 0.3) is 11.4 Å². The molecule has 7 nitrogen and oxygen atoms in total. The number of hydrogen-bond acceptors (Lipinski definition) is 6.